The number of nitrogens with one attached hydrogen (secondary N) is 1. The Kier molecular flexibility index (Phi) is 6.94. The van der Waals surface area contributed by atoms with Gasteiger partial charge in [-0.05, 0) is 49.1 Å². The minimum atomic E-state index is -2.93. The van der Waals surface area contributed by atoms with Gasteiger partial charge < -0.3 is 14.8 Å². The standard InChI is InChI=1S/C18H19F2NO3S/c1-3-23-15-11-13(6-8-14(15)24-18(19)20)7-9-17(22)21-12(2)16-5-4-10-25-16/h4-12,18H,3H2,1-2H3,(H,21,22)/b9-7+. The van der Waals surface area contributed by atoms with E-state index >= 15 is 0 Å². The van der Waals surface area contributed by atoms with Crippen LogP contribution in [0.1, 0.15) is 30.3 Å². The van der Waals surface area contributed by atoms with Crippen LogP contribution in [-0.2, 0) is 4.79 Å². The molecular formula is C18H19F2NO3S. The molecule has 0 spiro atoms. The van der Waals surface area contributed by atoms with E-state index in [1.807, 2.05) is 24.4 Å². The van der Waals surface area contributed by atoms with Crippen molar-refractivity contribution in [1.29, 1.82) is 0 Å². The van der Waals surface area contributed by atoms with Crippen molar-refractivity contribution in [3.8, 4) is 11.5 Å². The molecule has 0 radical (unpaired) electrons. The third-order valence-corrected chi connectivity index (χ3v) is 4.29. The van der Waals surface area contributed by atoms with Crippen LogP contribution in [0.5, 0.6) is 11.5 Å². The molecule has 1 aromatic heterocycles. The van der Waals surface area contributed by atoms with Gasteiger partial charge in [-0.2, -0.15) is 8.78 Å². The summed E-state index contributed by atoms with van der Waals surface area (Å²) < 4.78 is 34.5. The molecule has 4 nitrogen and oxygen atoms in total. The first-order valence-corrected chi connectivity index (χ1v) is 8.61. The van der Waals surface area contributed by atoms with Crippen molar-refractivity contribution < 1.29 is 23.0 Å². The Morgan fingerprint density at radius 3 is 2.76 bits per heavy atom. The van der Waals surface area contributed by atoms with Crippen LogP contribution >= 0.6 is 11.3 Å². The normalized spacial score (nSPS) is 12.4. The zero-order chi connectivity index (χ0) is 18.2. The summed E-state index contributed by atoms with van der Waals surface area (Å²) in [6.07, 6.45) is 2.98. The lowest BCUT2D eigenvalue weighted by molar-refractivity contribution is -0.117. The Labute approximate surface area is 149 Å². The van der Waals surface area contributed by atoms with Crippen molar-refractivity contribution >= 4 is 23.3 Å². The topological polar surface area (TPSA) is 47.6 Å². The van der Waals surface area contributed by atoms with Crippen molar-refractivity contribution in [2.24, 2.45) is 0 Å². The monoisotopic (exact) mass is 367 g/mol. The largest absolute Gasteiger partial charge is 0.490 e. The second kappa shape index (κ2) is 9.17. The maximum atomic E-state index is 12.4. The van der Waals surface area contributed by atoms with E-state index in [0.29, 0.717) is 12.2 Å². The minimum absolute atomic E-state index is 0.0373. The van der Waals surface area contributed by atoms with Crippen molar-refractivity contribution in [3.63, 3.8) is 0 Å². The molecule has 0 saturated carbocycles. The highest BCUT2D eigenvalue weighted by Crippen LogP contribution is 2.30. The third kappa shape index (κ3) is 5.86. The number of rotatable bonds is 8. The fraction of sp³-hybridized carbons (Fsp3) is 0.278. The Bertz CT molecular complexity index is 717. The Morgan fingerprint density at radius 1 is 1.32 bits per heavy atom. The highest BCUT2D eigenvalue weighted by Gasteiger charge is 2.11. The summed E-state index contributed by atoms with van der Waals surface area (Å²) in [6.45, 7) is 1.03. The number of amides is 1. The molecule has 1 N–H and O–H groups in total. The van der Waals surface area contributed by atoms with Crippen molar-refractivity contribution in [2.45, 2.75) is 26.5 Å². The van der Waals surface area contributed by atoms with Crippen LogP contribution in [0, 0.1) is 0 Å². The van der Waals surface area contributed by atoms with Crippen LogP contribution in [0.25, 0.3) is 6.08 Å². The molecule has 0 saturated heterocycles. The van der Waals surface area contributed by atoms with Gasteiger partial charge in [-0.3, -0.25) is 4.79 Å². The van der Waals surface area contributed by atoms with Crippen molar-refractivity contribution in [3.05, 3.63) is 52.2 Å². The molecule has 0 aliphatic carbocycles. The highest BCUT2D eigenvalue weighted by molar-refractivity contribution is 7.10. The Balaban J connectivity index is 2.04. The van der Waals surface area contributed by atoms with E-state index in [1.165, 1.54) is 12.1 Å². The lowest BCUT2D eigenvalue weighted by Crippen LogP contribution is -2.23. The second-order valence-corrected chi connectivity index (χ2v) is 6.08. The predicted molar refractivity (Wildman–Crippen MR) is 94.2 cm³/mol. The number of thiophene rings is 1. The second-order valence-electron chi connectivity index (χ2n) is 5.10. The van der Waals surface area contributed by atoms with Gasteiger partial charge in [-0.25, -0.2) is 0 Å². The van der Waals surface area contributed by atoms with Gasteiger partial charge in [0.2, 0.25) is 5.91 Å². The van der Waals surface area contributed by atoms with E-state index < -0.39 is 6.61 Å². The average Bonchev–Trinajstić information content (AvgIpc) is 3.09. The molecule has 2 aromatic rings. The van der Waals surface area contributed by atoms with Gasteiger partial charge in [-0.1, -0.05) is 12.1 Å². The summed E-state index contributed by atoms with van der Waals surface area (Å²) in [5.74, 6) is -0.0751. The van der Waals surface area contributed by atoms with E-state index in [1.54, 1.807) is 36.5 Å². The summed E-state index contributed by atoms with van der Waals surface area (Å²) in [6, 6.07) is 8.31. The molecule has 1 unspecified atom stereocenters. The first kappa shape index (κ1) is 18.9. The molecule has 0 aliphatic rings. The number of hydrogen-bond acceptors (Lipinski definition) is 4. The number of benzene rings is 1. The Hall–Kier alpha value is -2.41. The minimum Gasteiger partial charge on any atom is -0.490 e. The van der Waals surface area contributed by atoms with Gasteiger partial charge in [0.15, 0.2) is 11.5 Å². The van der Waals surface area contributed by atoms with Crippen molar-refractivity contribution in [1.82, 2.24) is 5.32 Å². The lowest BCUT2D eigenvalue weighted by Gasteiger charge is -2.12. The molecule has 25 heavy (non-hydrogen) atoms. The third-order valence-electron chi connectivity index (χ3n) is 3.24. The van der Waals surface area contributed by atoms with E-state index in [-0.39, 0.29) is 23.4 Å². The molecule has 1 heterocycles. The van der Waals surface area contributed by atoms with Crippen LogP contribution in [0.2, 0.25) is 0 Å². The van der Waals surface area contributed by atoms with E-state index in [9.17, 15) is 13.6 Å². The summed E-state index contributed by atoms with van der Waals surface area (Å²) in [5, 5.41) is 4.81. The Morgan fingerprint density at radius 2 is 2.12 bits per heavy atom. The zero-order valence-corrected chi connectivity index (χ0v) is 14.7. The van der Waals surface area contributed by atoms with Crippen molar-refractivity contribution in [2.75, 3.05) is 6.61 Å². The number of hydrogen-bond donors (Lipinski definition) is 1. The fourth-order valence-electron chi connectivity index (χ4n) is 2.13. The number of halogens is 2. The zero-order valence-electron chi connectivity index (χ0n) is 13.9. The number of carbonyl (C=O) groups is 1. The maximum Gasteiger partial charge on any atom is 0.387 e. The molecule has 134 valence electrons. The average molecular weight is 367 g/mol. The quantitative estimate of drug-likeness (QED) is 0.692. The van der Waals surface area contributed by atoms with Crippen LogP contribution in [0.15, 0.2) is 41.8 Å². The summed E-state index contributed by atoms with van der Waals surface area (Å²) >= 11 is 1.57. The van der Waals surface area contributed by atoms with Crippen LogP contribution in [0.3, 0.4) is 0 Å². The van der Waals surface area contributed by atoms with E-state index in [4.69, 9.17) is 4.74 Å². The predicted octanol–water partition coefficient (Wildman–Crippen LogP) is 4.64. The number of carbonyl (C=O) groups excluding carboxylic acids is 1. The first-order valence-electron chi connectivity index (χ1n) is 7.73. The van der Waals surface area contributed by atoms with Gasteiger partial charge in [0.25, 0.3) is 0 Å². The summed E-state index contributed by atoms with van der Waals surface area (Å²) in [5.41, 5.74) is 0.643. The fourth-order valence-corrected chi connectivity index (χ4v) is 2.87. The molecule has 7 heteroatoms. The maximum absolute atomic E-state index is 12.4. The molecule has 2 rings (SSSR count). The summed E-state index contributed by atoms with van der Waals surface area (Å²) in [4.78, 5) is 13.1. The first-order chi connectivity index (χ1) is 12.0. The van der Waals surface area contributed by atoms with Gasteiger partial charge in [0.05, 0.1) is 12.6 Å². The van der Waals surface area contributed by atoms with Gasteiger partial charge >= 0.3 is 6.61 Å². The molecule has 1 aromatic carbocycles. The molecule has 1 atom stereocenters. The van der Waals surface area contributed by atoms with E-state index in [0.717, 1.165) is 4.88 Å². The molecule has 0 fully saturated rings. The molecule has 1 amide bonds. The summed E-state index contributed by atoms with van der Waals surface area (Å²) in [7, 11) is 0. The number of ether oxygens (including phenoxy) is 2. The SMILES string of the molecule is CCOc1cc(/C=C/C(=O)NC(C)c2cccs2)ccc1OC(F)F. The lowest BCUT2D eigenvalue weighted by atomic mass is 10.2. The van der Waals surface area contributed by atoms with Gasteiger partial charge in [-0.15, -0.1) is 11.3 Å². The van der Waals surface area contributed by atoms with Crippen LogP contribution in [-0.4, -0.2) is 19.1 Å². The highest BCUT2D eigenvalue weighted by atomic mass is 32.1. The molecule has 0 aliphatic heterocycles. The van der Waals surface area contributed by atoms with Gasteiger partial charge in [0, 0.05) is 11.0 Å². The smallest absolute Gasteiger partial charge is 0.387 e. The number of alkyl halides is 2. The van der Waals surface area contributed by atoms with Crippen LogP contribution in [0.4, 0.5) is 8.78 Å². The van der Waals surface area contributed by atoms with E-state index in [2.05, 4.69) is 10.1 Å². The van der Waals surface area contributed by atoms with Crippen LogP contribution < -0.4 is 14.8 Å². The van der Waals surface area contributed by atoms with Gasteiger partial charge in [0.1, 0.15) is 0 Å². The molecular weight excluding hydrogens is 348 g/mol. The molecule has 0 bridgehead atoms.